The Labute approximate surface area is 101 Å². The van der Waals surface area contributed by atoms with Crippen LogP contribution in [0.1, 0.15) is 23.1 Å². The van der Waals surface area contributed by atoms with Gasteiger partial charge in [0, 0.05) is 0 Å². The smallest absolute Gasteiger partial charge is 0.304 e. The van der Waals surface area contributed by atoms with Gasteiger partial charge in [-0.15, -0.1) is 0 Å². The van der Waals surface area contributed by atoms with Gasteiger partial charge < -0.3 is 5.11 Å². The molecule has 94 valence electrons. The van der Waals surface area contributed by atoms with E-state index in [1.165, 1.54) is 0 Å². The Morgan fingerprint density at radius 1 is 1.24 bits per heavy atom. The van der Waals surface area contributed by atoms with Crippen molar-refractivity contribution in [1.29, 1.82) is 0 Å². The highest BCUT2D eigenvalue weighted by atomic mass is 32.2. The molecule has 0 atom stereocenters. The number of sulfone groups is 1. The zero-order chi connectivity index (χ0) is 13.1. The number of carboxylic acids is 1. The second-order valence-electron chi connectivity index (χ2n) is 4.15. The van der Waals surface area contributed by atoms with Gasteiger partial charge in [-0.2, -0.15) is 0 Å². The van der Waals surface area contributed by atoms with Crippen LogP contribution < -0.4 is 0 Å². The Morgan fingerprint density at radius 2 is 1.88 bits per heavy atom. The monoisotopic (exact) mass is 256 g/mol. The van der Waals surface area contributed by atoms with Gasteiger partial charge in [0.1, 0.15) is 0 Å². The van der Waals surface area contributed by atoms with Gasteiger partial charge in [0.05, 0.1) is 17.9 Å². The Balaban J connectivity index is 2.76. The highest BCUT2D eigenvalue weighted by Crippen LogP contribution is 2.13. The van der Waals surface area contributed by atoms with E-state index in [-0.39, 0.29) is 17.9 Å². The molecule has 0 amide bonds. The van der Waals surface area contributed by atoms with E-state index in [1.807, 2.05) is 26.0 Å². The molecule has 1 aromatic carbocycles. The summed E-state index contributed by atoms with van der Waals surface area (Å²) in [6.07, 6.45) is -0.340. The van der Waals surface area contributed by atoms with E-state index in [0.717, 1.165) is 11.1 Å². The molecule has 0 aliphatic heterocycles. The Kier molecular flexibility index (Phi) is 4.28. The number of aryl methyl sites for hydroxylation is 2. The van der Waals surface area contributed by atoms with Crippen molar-refractivity contribution in [1.82, 2.24) is 0 Å². The maximum absolute atomic E-state index is 11.6. The van der Waals surface area contributed by atoms with Crippen molar-refractivity contribution in [2.75, 3.05) is 5.75 Å². The van der Waals surface area contributed by atoms with Crippen LogP contribution in [-0.2, 0) is 20.4 Å². The van der Waals surface area contributed by atoms with E-state index in [2.05, 4.69) is 0 Å². The van der Waals surface area contributed by atoms with Gasteiger partial charge in [-0.1, -0.05) is 18.2 Å². The molecule has 0 heterocycles. The number of hydrogen-bond acceptors (Lipinski definition) is 3. The third-order valence-corrected chi connectivity index (χ3v) is 4.18. The van der Waals surface area contributed by atoms with Gasteiger partial charge in [-0.3, -0.25) is 4.79 Å². The molecule has 0 saturated heterocycles. The Morgan fingerprint density at radius 3 is 2.41 bits per heavy atom. The van der Waals surface area contributed by atoms with Crippen LogP contribution in [-0.4, -0.2) is 25.2 Å². The summed E-state index contributed by atoms with van der Waals surface area (Å²) in [4.78, 5) is 10.3. The van der Waals surface area contributed by atoms with Crippen molar-refractivity contribution in [2.45, 2.75) is 26.0 Å². The largest absolute Gasteiger partial charge is 0.481 e. The number of hydrogen-bond donors (Lipinski definition) is 1. The summed E-state index contributed by atoms with van der Waals surface area (Å²) in [6, 6.07) is 5.46. The molecular formula is C12H16O4S. The Hall–Kier alpha value is -1.36. The number of carboxylic acid groups (broad SMARTS) is 1. The summed E-state index contributed by atoms with van der Waals surface area (Å²) in [5.74, 6) is -1.50. The fourth-order valence-electron chi connectivity index (χ4n) is 1.46. The first-order valence-electron chi connectivity index (χ1n) is 5.28. The third-order valence-electron chi connectivity index (χ3n) is 2.58. The van der Waals surface area contributed by atoms with E-state index in [4.69, 9.17) is 5.11 Å². The molecule has 17 heavy (non-hydrogen) atoms. The molecule has 1 N–H and O–H groups in total. The van der Waals surface area contributed by atoms with E-state index >= 15 is 0 Å². The predicted octanol–water partition coefficient (Wildman–Crippen LogP) is 1.69. The second kappa shape index (κ2) is 5.31. The van der Waals surface area contributed by atoms with Crippen molar-refractivity contribution in [3.8, 4) is 0 Å². The van der Waals surface area contributed by atoms with Gasteiger partial charge in [-0.25, -0.2) is 8.42 Å². The van der Waals surface area contributed by atoms with Crippen molar-refractivity contribution in [3.05, 3.63) is 34.9 Å². The summed E-state index contributed by atoms with van der Waals surface area (Å²) >= 11 is 0. The highest BCUT2D eigenvalue weighted by Gasteiger charge is 2.14. The van der Waals surface area contributed by atoms with Gasteiger partial charge >= 0.3 is 5.97 Å². The second-order valence-corrected chi connectivity index (χ2v) is 6.34. The van der Waals surface area contributed by atoms with E-state index in [1.54, 1.807) is 6.07 Å². The number of rotatable bonds is 5. The molecule has 0 radical (unpaired) electrons. The average molecular weight is 256 g/mol. The van der Waals surface area contributed by atoms with Crippen LogP contribution >= 0.6 is 0 Å². The molecule has 1 aromatic rings. The minimum atomic E-state index is -3.34. The van der Waals surface area contributed by atoms with Crippen LogP contribution in [0.2, 0.25) is 0 Å². The van der Waals surface area contributed by atoms with Gasteiger partial charge in [0.15, 0.2) is 9.84 Å². The summed E-state index contributed by atoms with van der Waals surface area (Å²) in [5, 5.41) is 8.46. The predicted molar refractivity (Wildman–Crippen MR) is 65.7 cm³/mol. The minimum Gasteiger partial charge on any atom is -0.481 e. The van der Waals surface area contributed by atoms with Crippen LogP contribution in [0, 0.1) is 13.8 Å². The fraction of sp³-hybridized carbons (Fsp3) is 0.417. The van der Waals surface area contributed by atoms with Crippen LogP contribution in [0.15, 0.2) is 18.2 Å². The number of benzene rings is 1. The summed E-state index contributed by atoms with van der Waals surface area (Å²) < 4.78 is 23.3. The SMILES string of the molecule is Cc1ccc(CS(=O)(=O)CCC(=O)O)cc1C. The fourth-order valence-corrected chi connectivity index (χ4v) is 2.78. The standard InChI is InChI=1S/C12H16O4S/c1-9-3-4-11(7-10(9)2)8-17(15,16)6-5-12(13)14/h3-4,7H,5-6,8H2,1-2H3,(H,13,14). The first kappa shape index (κ1) is 13.7. The van der Waals surface area contributed by atoms with Gasteiger partial charge in [-0.05, 0) is 30.5 Å². The topological polar surface area (TPSA) is 71.4 Å². The number of carbonyl (C=O) groups is 1. The third kappa shape index (κ3) is 4.56. The van der Waals surface area contributed by atoms with Crippen LogP contribution in [0.3, 0.4) is 0 Å². The maximum atomic E-state index is 11.6. The first-order chi connectivity index (χ1) is 7.80. The molecule has 4 nitrogen and oxygen atoms in total. The number of aliphatic carboxylic acids is 1. The molecule has 0 aliphatic rings. The lowest BCUT2D eigenvalue weighted by atomic mass is 10.1. The van der Waals surface area contributed by atoms with Crippen molar-refractivity contribution >= 4 is 15.8 Å². The van der Waals surface area contributed by atoms with Gasteiger partial charge in [0.2, 0.25) is 0 Å². The average Bonchev–Trinajstić information content (AvgIpc) is 2.21. The van der Waals surface area contributed by atoms with E-state index in [9.17, 15) is 13.2 Å². The summed E-state index contributed by atoms with van der Waals surface area (Å²) in [7, 11) is -3.34. The first-order valence-corrected chi connectivity index (χ1v) is 7.10. The van der Waals surface area contributed by atoms with E-state index in [0.29, 0.717) is 5.56 Å². The molecule has 1 rings (SSSR count). The van der Waals surface area contributed by atoms with Crippen molar-refractivity contribution in [3.63, 3.8) is 0 Å². The molecule has 0 aromatic heterocycles. The van der Waals surface area contributed by atoms with Crippen LogP contribution in [0.25, 0.3) is 0 Å². The van der Waals surface area contributed by atoms with Gasteiger partial charge in [0.25, 0.3) is 0 Å². The molecular weight excluding hydrogens is 240 g/mol. The zero-order valence-corrected chi connectivity index (χ0v) is 10.8. The highest BCUT2D eigenvalue weighted by molar-refractivity contribution is 7.90. The van der Waals surface area contributed by atoms with Crippen molar-refractivity contribution < 1.29 is 18.3 Å². The molecule has 0 fully saturated rings. The van der Waals surface area contributed by atoms with Crippen molar-refractivity contribution in [2.24, 2.45) is 0 Å². The molecule has 0 saturated carbocycles. The van der Waals surface area contributed by atoms with Crippen LogP contribution in [0.5, 0.6) is 0 Å². The Bertz CT molecular complexity index is 517. The molecule has 5 heteroatoms. The van der Waals surface area contributed by atoms with Crippen LogP contribution in [0.4, 0.5) is 0 Å². The lowest BCUT2D eigenvalue weighted by Gasteiger charge is -2.06. The molecule has 0 spiro atoms. The summed E-state index contributed by atoms with van der Waals surface area (Å²) in [6.45, 7) is 3.88. The zero-order valence-electron chi connectivity index (χ0n) is 9.93. The lowest BCUT2D eigenvalue weighted by molar-refractivity contribution is -0.136. The normalized spacial score (nSPS) is 11.4. The molecule has 0 aliphatic carbocycles. The molecule has 0 bridgehead atoms. The maximum Gasteiger partial charge on any atom is 0.304 e. The molecule has 0 unspecified atom stereocenters. The lowest BCUT2D eigenvalue weighted by Crippen LogP contribution is -2.13. The minimum absolute atomic E-state index is 0.0958. The summed E-state index contributed by atoms with van der Waals surface area (Å²) in [5.41, 5.74) is 2.85. The van der Waals surface area contributed by atoms with E-state index < -0.39 is 15.8 Å². The quantitative estimate of drug-likeness (QED) is 0.870.